The summed E-state index contributed by atoms with van der Waals surface area (Å²) in [6.45, 7) is 4.88. The number of nitrogens with one attached hydrogen (secondary N) is 1. The number of nitrogens with zero attached hydrogens (tertiary/aromatic N) is 2. The van der Waals surface area contributed by atoms with Crippen LogP contribution < -0.4 is 5.32 Å². The minimum Gasteiger partial charge on any atom is -0.361 e. The third kappa shape index (κ3) is 4.95. The Morgan fingerprint density at radius 3 is 2.46 bits per heavy atom. The first-order valence-corrected chi connectivity index (χ1v) is 11.9. The second-order valence-electron chi connectivity index (χ2n) is 6.83. The van der Waals surface area contributed by atoms with Gasteiger partial charge in [0.1, 0.15) is 5.76 Å². The number of rotatable bonds is 7. The first-order valence-electron chi connectivity index (χ1n) is 9.27. The van der Waals surface area contributed by atoms with Crippen LogP contribution in [0.4, 0.5) is 5.69 Å². The highest BCUT2D eigenvalue weighted by molar-refractivity contribution is 7.99. The van der Waals surface area contributed by atoms with Gasteiger partial charge in [0, 0.05) is 30.1 Å². The van der Waals surface area contributed by atoms with E-state index >= 15 is 0 Å². The number of aryl methyl sites for hydroxylation is 2. The van der Waals surface area contributed by atoms with Gasteiger partial charge in [-0.2, -0.15) is 4.31 Å². The highest BCUT2D eigenvalue weighted by Crippen LogP contribution is 2.23. The molecule has 1 N–H and O–H groups in total. The van der Waals surface area contributed by atoms with Crippen molar-refractivity contribution in [2.75, 3.05) is 24.2 Å². The molecule has 0 bridgehead atoms. The second-order valence-corrected chi connectivity index (χ2v) is 9.76. The number of carbonyl (C=O) groups is 1. The summed E-state index contributed by atoms with van der Waals surface area (Å²) in [5.74, 6) is 1.58. The van der Waals surface area contributed by atoms with Crippen molar-refractivity contribution in [1.29, 1.82) is 0 Å². The van der Waals surface area contributed by atoms with Crippen LogP contribution in [0.5, 0.6) is 0 Å². The average Bonchev–Trinajstić information content (AvgIpc) is 3.01. The molecule has 0 atom stereocenters. The molecule has 3 rings (SSSR count). The Hall–Kier alpha value is -1.84. The second kappa shape index (κ2) is 9.11. The molecule has 1 aliphatic heterocycles. The van der Waals surface area contributed by atoms with Gasteiger partial charge in [-0.05, 0) is 51.0 Å². The standard InChI is InChI=1S/C19H25N3O4S2/c1-14-18(15(2)26-21-14)12-27-13-19(23)20-16-6-8-17(9-7-16)28(24,25)22-10-4-3-5-11-22/h6-9H,3-5,10-13H2,1-2H3,(H,20,23). The van der Waals surface area contributed by atoms with E-state index in [9.17, 15) is 13.2 Å². The van der Waals surface area contributed by atoms with Crippen LogP contribution in [0.2, 0.25) is 0 Å². The van der Waals surface area contributed by atoms with Gasteiger partial charge in [-0.3, -0.25) is 4.79 Å². The molecule has 1 amide bonds. The molecule has 28 heavy (non-hydrogen) atoms. The fraction of sp³-hybridized carbons (Fsp3) is 0.474. The van der Waals surface area contributed by atoms with Crippen LogP contribution in [-0.2, 0) is 20.6 Å². The normalized spacial score (nSPS) is 15.5. The zero-order chi connectivity index (χ0) is 20.1. The molecule has 2 heterocycles. The number of carbonyl (C=O) groups excluding carboxylic acids is 1. The Balaban J connectivity index is 1.53. The number of amides is 1. The lowest BCUT2D eigenvalue weighted by molar-refractivity contribution is -0.113. The first-order chi connectivity index (χ1) is 13.4. The molecule has 0 saturated carbocycles. The van der Waals surface area contributed by atoms with Crippen molar-refractivity contribution < 1.29 is 17.7 Å². The Kier molecular flexibility index (Phi) is 6.79. The Morgan fingerprint density at radius 1 is 1.18 bits per heavy atom. The van der Waals surface area contributed by atoms with E-state index in [2.05, 4.69) is 10.5 Å². The van der Waals surface area contributed by atoms with E-state index in [0.717, 1.165) is 36.3 Å². The van der Waals surface area contributed by atoms with Crippen LogP contribution in [0.25, 0.3) is 0 Å². The Bertz CT molecular complexity index is 898. The van der Waals surface area contributed by atoms with Crippen LogP contribution >= 0.6 is 11.8 Å². The number of anilines is 1. The summed E-state index contributed by atoms with van der Waals surface area (Å²) < 4.78 is 32.0. The summed E-state index contributed by atoms with van der Waals surface area (Å²) in [6.07, 6.45) is 2.88. The quantitative estimate of drug-likeness (QED) is 0.734. The van der Waals surface area contributed by atoms with Crippen molar-refractivity contribution in [3.63, 3.8) is 0 Å². The molecule has 0 spiro atoms. The van der Waals surface area contributed by atoms with Crippen molar-refractivity contribution >= 4 is 33.4 Å². The predicted molar refractivity (Wildman–Crippen MR) is 110 cm³/mol. The van der Waals surface area contributed by atoms with Crippen LogP contribution in [0, 0.1) is 13.8 Å². The average molecular weight is 424 g/mol. The largest absolute Gasteiger partial charge is 0.361 e. The van der Waals surface area contributed by atoms with E-state index in [0.29, 0.717) is 24.5 Å². The van der Waals surface area contributed by atoms with Gasteiger partial charge in [0.2, 0.25) is 15.9 Å². The van der Waals surface area contributed by atoms with Gasteiger partial charge >= 0.3 is 0 Å². The van der Waals surface area contributed by atoms with Crippen molar-refractivity contribution in [3.05, 3.63) is 41.3 Å². The fourth-order valence-electron chi connectivity index (χ4n) is 3.12. The maximum atomic E-state index is 12.7. The minimum absolute atomic E-state index is 0.136. The van der Waals surface area contributed by atoms with Gasteiger partial charge in [0.25, 0.3) is 0 Å². The zero-order valence-corrected chi connectivity index (χ0v) is 17.7. The third-order valence-corrected chi connectivity index (χ3v) is 7.62. The van der Waals surface area contributed by atoms with Crippen LogP contribution in [-0.4, -0.2) is 42.6 Å². The summed E-state index contributed by atoms with van der Waals surface area (Å²) in [5, 5.41) is 6.70. The first kappa shape index (κ1) is 20.9. The van der Waals surface area contributed by atoms with E-state index in [1.54, 1.807) is 24.3 Å². The van der Waals surface area contributed by atoms with E-state index in [1.165, 1.54) is 16.1 Å². The van der Waals surface area contributed by atoms with E-state index in [4.69, 9.17) is 4.52 Å². The molecular formula is C19H25N3O4S2. The molecule has 0 aliphatic carbocycles. The number of aromatic nitrogens is 1. The van der Waals surface area contributed by atoms with Gasteiger partial charge < -0.3 is 9.84 Å². The lowest BCUT2D eigenvalue weighted by Crippen LogP contribution is -2.35. The monoisotopic (exact) mass is 423 g/mol. The minimum atomic E-state index is -3.45. The maximum Gasteiger partial charge on any atom is 0.243 e. The number of thioether (sulfide) groups is 1. The summed E-state index contributed by atoms with van der Waals surface area (Å²) in [6, 6.07) is 6.37. The topological polar surface area (TPSA) is 92.5 Å². The highest BCUT2D eigenvalue weighted by atomic mass is 32.2. The number of sulfonamides is 1. The molecule has 1 aromatic carbocycles. The van der Waals surface area contributed by atoms with Gasteiger partial charge in [0.05, 0.1) is 16.3 Å². The maximum absolute atomic E-state index is 12.7. The lowest BCUT2D eigenvalue weighted by atomic mass is 10.2. The number of hydrogen-bond acceptors (Lipinski definition) is 6. The predicted octanol–water partition coefficient (Wildman–Crippen LogP) is 3.34. The number of benzene rings is 1. The van der Waals surface area contributed by atoms with E-state index in [-0.39, 0.29) is 16.6 Å². The van der Waals surface area contributed by atoms with Gasteiger partial charge in [-0.25, -0.2) is 8.42 Å². The fourth-order valence-corrected chi connectivity index (χ4v) is 5.61. The lowest BCUT2D eigenvalue weighted by Gasteiger charge is -2.25. The van der Waals surface area contributed by atoms with Crippen LogP contribution in [0.1, 0.15) is 36.3 Å². The molecule has 1 aliphatic rings. The van der Waals surface area contributed by atoms with Crippen molar-refractivity contribution in [2.24, 2.45) is 0 Å². The Labute approximate surface area is 169 Å². The molecule has 2 aromatic rings. The zero-order valence-electron chi connectivity index (χ0n) is 16.1. The Morgan fingerprint density at radius 2 is 1.86 bits per heavy atom. The smallest absolute Gasteiger partial charge is 0.243 e. The van der Waals surface area contributed by atoms with Crippen molar-refractivity contribution in [3.8, 4) is 0 Å². The summed E-state index contributed by atoms with van der Waals surface area (Å²) in [4.78, 5) is 12.4. The molecule has 1 aromatic heterocycles. The number of hydrogen-bond donors (Lipinski definition) is 1. The summed E-state index contributed by atoms with van der Waals surface area (Å²) >= 11 is 1.48. The SMILES string of the molecule is Cc1noc(C)c1CSCC(=O)Nc1ccc(S(=O)(=O)N2CCCCC2)cc1. The van der Waals surface area contributed by atoms with Gasteiger partial charge in [-0.1, -0.05) is 11.6 Å². The molecule has 1 saturated heterocycles. The van der Waals surface area contributed by atoms with E-state index < -0.39 is 10.0 Å². The van der Waals surface area contributed by atoms with Crippen LogP contribution in [0.3, 0.4) is 0 Å². The molecule has 7 nitrogen and oxygen atoms in total. The summed E-state index contributed by atoms with van der Waals surface area (Å²) in [5.41, 5.74) is 2.45. The molecule has 9 heteroatoms. The molecular weight excluding hydrogens is 398 g/mol. The highest BCUT2D eigenvalue weighted by Gasteiger charge is 2.25. The molecule has 152 valence electrons. The van der Waals surface area contributed by atoms with Gasteiger partial charge in [0.15, 0.2) is 0 Å². The third-order valence-electron chi connectivity index (χ3n) is 4.75. The summed E-state index contributed by atoms with van der Waals surface area (Å²) in [7, 11) is -3.45. The number of piperidine rings is 1. The van der Waals surface area contributed by atoms with Crippen molar-refractivity contribution in [2.45, 2.75) is 43.8 Å². The van der Waals surface area contributed by atoms with Gasteiger partial charge in [-0.15, -0.1) is 11.8 Å². The molecule has 0 radical (unpaired) electrons. The van der Waals surface area contributed by atoms with Crippen molar-refractivity contribution in [1.82, 2.24) is 9.46 Å². The van der Waals surface area contributed by atoms with E-state index in [1.807, 2.05) is 13.8 Å². The molecule has 1 fully saturated rings. The molecule has 0 unspecified atom stereocenters. The van der Waals surface area contributed by atoms with Crippen LogP contribution in [0.15, 0.2) is 33.7 Å².